The van der Waals surface area contributed by atoms with Crippen molar-refractivity contribution < 1.29 is 0 Å². The Kier molecular flexibility index (Phi) is 3.87. The highest BCUT2D eigenvalue weighted by Gasteiger charge is 2.28. The van der Waals surface area contributed by atoms with Crippen LogP contribution in [0.2, 0.25) is 0 Å². The van der Waals surface area contributed by atoms with Gasteiger partial charge in [-0.1, -0.05) is 13.8 Å². The Morgan fingerprint density at radius 1 is 1.24 bits per heavy atom. The molecule has 1 saturated carbocycles. The van der Waals surface area contributed by atoms with Gasteiger partial charge < -0.3 is 5.73 Å². The van der Waals surface area contributed by atoms with Crippen molar-refractivity contribution in [2.24, 2.45) is 30.5 Å². The Labute approximate surface area is 104 Å². The van der Waals surface area contributed by atoms with Crippen molar-refractivity contribution in [1.29, 1.82) is 0 Å². The Balaban J connectivity index is 1.92. The monoisotopic (exact) mass is 235 g/mol. The molecule has 2 rings (SSSR count). The highest BCUT2D eigenvalue weighted by molar-refractivity contribution is 5.06. The van der Waals surface area contributed by atoms with E-state index in [9.17, 15) is 0 Å². The molecule has 0 radical (unpaired) electrons. The molecular weight excluding hydrogens is 210 g/mol. The molecule has 1 atom stereocenters. The molecule has 1 unspecified atom stereocenters. The lowest BCUT2D eigenvalue weighted by molar-refractivity contribution is 0.202. The predicted octanol–water partition coefficient (Wildman–Crippen LogP) is 2.88. The van der Waals surface area contributed by atoms with Crippen LogP contribution < -0.4 is 5.73 Å². The van der Waals surface area contributed by atoms with Gasteiger partial charge in [0.15, 0.2) is 0 Å². The lowest BCUT2D eigenvalue weighted by Gasteiger charge is -2.33. The Morgan fingerprint density at radius 2 is 1.82 bits per heavy atom. The predicted molar refractivity (Wildman–Crippen MR) is 70.4 cm³/mol. The minimum atomic E-state index is 0.129. The van der Waals surface area contributed by atoms with Crippen molar-refractivity contribution in [2.45, 2.75) is 45.6 Å². The van der Waals surface area contributed by atoms with E-state index in [0.717, 1.165) is 17.5 Å². The van der Waals surface area contributed by atoms with Gasteiger partial charge in [-0.3, -0.25) is 4.68 Å². The molecule has 17 heavy (non-hydrogen) atoms. The minimum absolute atomic E-state index is 0.129. The zero-order chi connectivity index (χ0) is 12.4. The van der Waals surface area contributed by atoms with Crippen molar-refractivity contribution in [2.75, 3.05) is 0 Å². The van der Waals surface area contributed by atoms with Gasteiger partial charge in [-0.05, 0) is 49.5 Å². The van der Waals surface area contributed by atoms with E-state index >= 15 is 0 Å². The maximum absolute atomic E-state index is 6.33. The van der Waals surface area contributed by atoms with E-state index in [1.54, 1.807) is 0 Å². The number of hydrogen-bond donors (Lipinski definition) is 1. The van der Waals surface area contributed by atoms with Crippen molar-refractivity contribution in [3.63, 3.8) is 0 Å². The molecule has 0 aliphatic heterocycles. The largest absolute Gasteiger partial charge is 0.322 e. The van der Waals surface area contributed by atoms with Gasteiger partial charge in [0.1, 0.15) is 0 Å². The summed E-state index contributed by atoms with van der Waals surface area (Å²) >= 11 is 0. The summed E-state index contributed by atoms with van der Waals surface area (Å²) in [4.78, 5) is 0. The van der Waals surface area contributed by atoms with Gasteiger partial charge >= 0.3 is 0 Å². The van der Waals surface area contributed by atoms with Crippen LogP contribution >= 0.6 is 0 Å². The Bertz CT molecular complexity index is 348. The number of aromatic nitrogens is 2. The van der Waals surface area contributed by atoms with Gasteiger partial charge in [-0.2, -0.15) is 5.10 Å². The van der Waals surface area contributed by atoms with Gasteiger partial charge in [0.25, 0.3) is 0 Å². The third-order valence-corrected chi connectivity index (χ3v) is 4.34. The zero-order valence-electron chi connectivity index (χ0n) is 11.3. The van der Waals surface area contributed by atoms with Crippen LogP contribution in [0.4, 0.5) is 0 Å². The maximum Gasteiger partial charge on any atom is 0.0794 e. The molecule has 0 spiro atoms. The van der Waals surface area contributed by atoms with Crippen LogP contribution in [0.1, 0.15) is 51.3 Å². The van der Waals surface area contributed by atoms with E-state index in [0.29, 0.717) is 5.92 Å². The molecule has 1 aromatic heterocycles. The first-order valence-corrected chi connectivity index (χ1v) is 6.83. The van der Waals surface area contributed by atoms with Crippen LogP contribution in [0.3, 0.4) is 0 Å². The first-order chi connectivity index (χ1) is 8.08. The molecule has 0 bridgehead atoms. The summed E-state index contributed by atoms with van der Waals surface area (Å²) in [6.45, 7) is 4.67. The lowest BCUT2D eigenvalue weighted by Crippen LogP contribution is -2.27. The van der Waals surface area contributed by atoms with Crippen molar-refractivity contribution in [3.05, 3.63) is 18.0 Å². The fraction of sp³-hybridized carbons (Fsp3) is 0.786. The second kappa shape index (κ2) is 5.21. The van der Waals surface area contributed by atoms with Gasteiger partial charge in [-0.25, -0.2) is 0 Å². The quantitative estimate of drug-likeness (QED) is 0.875. The smallest absolute Gasteiger partial charge is 0.0794 e. The highest BCUT2D eigenvalue weighted by Crippen LogP contribution is 2.37. The van der Waals surface area contributed by atoms with Gasteiger partial charge in [-0.15, -0.1) is 0 Å². The molecule has 1 aromatic rings. The van der Waals surface area contributed by atoms with Crippen LogP contribution in [0, 0.1) is 17.8 Å². The van der Waals surface area contributed by atoms with E-state index in [1.165, 1.54) is 25.7 Å². The molecule has 3 nitrogen and oxygen atoms in total. The van der Waals surface area contributed by atoms with Crippen LogP contribution in [0.15, 0.2) is 12.3 Å². The SMILES string of the molecule is CC(C)C1CCC(C(N)c2ccn(C)n2)CC1. The van der Waals surface area contributed by atoms with Crippen LogP contribution in [0.25, 0.3) is 0 Å². The molecule has 96 valence electrons. The molecule has 1 aliphatic rings. The Hall–Kier alpha value is -0.830. The molecule has 0 amide bonds. The van der Waals surface area contributed by atoms with Crippen LogP contribution in [-0.4, -0.2) is 9.78 Å². The fourth-order valence-electron chi connectivity index (χ4n) is 3.02. The summed E-state index contributed by atoms with van der Waals surface area (Å²) in [6.07, 6.45) is 7.18. The first kappa shape index (κ1) is 12.6. The summed E-state index contributed by atoms with van der Waals surface area (Å²) in [5.41, 5.74) is 7.38. The molecule has 2 N–H and O–H groups in total. The number of nitrogens with two attached hydrogens (primary N) is 1. The zero-order valence-corrected chi connectivity index (χ0v) is 11.3. The number of hydrogen-bond acceptors (Lipinski definition) is 2. The number of nitrogens with zero attached hydrogens (tertiary/aromatic N) is 2. The molecule has 1 aliphatic carbocycles. The third kappa shape index (κ3) is 2.89. The van der Waals surface area contributed by atoms with Gasteiger partial charge in [0.2, 0.25) is 0 Å². The third-order valence-electron chi connectivity index (χ3n) is 4.34. The second-order valence-corrected chi connectivity index (χ2v) is 5.86. The first-order valence-electron chi connectivity index (χ1n) is 6.83. The molecule has 1 heterocycles. The second-order valence-electron chi connectivity index (χ2n) is 5.86. The lowest BCUT2D eigenvalue weighted by atomic mass is 9.74. The standard InChI is InChI=1S/C14H25N3/c1-10(2)11-4-6-12(7-5-11)14(15)13-8-9-17(3)16-13/h8-12,14H,4-7,15H2,1-3H3. The van der Waals surface area contributed by atoms with Crippen molar-refractivity contribution in [1.82, 2.24) is 9.78 Å². The van der Waals surface area contributed by atoms with E-state index in [-0.39, 0.29) is 6.04 Å². The topological polar surface area (TPSA) is 43.8 Å². The minimum Gasteiger partial charge on any atom is -0.322 e. The van der Waals surface area contributed by atoms with Crippen LogP contribution in [0.5, 0.6) is 0 Å². The maximum atomic E-state index is 6.33. The summed E-state index contributed by atoms with van der Waals surface area (Å²) in [6, 6.07) is 2.18. The molecule has 0 aromatic carbocycles. The number of rotatable bonds is 3. The van der Waals surface area contributed by atoms with E-state index < -0.39 is 0 Å². The summed E-state index contributed by atoms with van der Waals surface area (Å²) in [7, 11) is 1.95. The van der Waals surface area contributed by atoms with Crippen molar-refractivity contribution in [3.8, 4) is 0 Å². The average molecular weight is 235 g/mol. The summed E-state index contributed by atoms with van der Waals surface area (Å²) < 4.78 is 1.84. The summed E-state index contributed by atoms with van der Waals surface area (Å²) in [5.74, 6) is 2.35. The van der Waals surface area contributed by atoms with E-state index in [4.69, 9.17) is 5.73 Å². The van der Waals surface area contributed by atoms with E-state index in [1.807, 2.05) is 17.9 Å². The molecule has 1 fully saturated rings. The molecule has 0 saturated heterocycles. The van der Waals surface area contributed by atoms with Gasteiger partial charge in [0, 0.05) is 13.2 Å². The summed E-state index contributed by atoms with van der Waals surface area (Å²) in [5, 5.41) is 4.43. The van der Waals surface area contributed by atoms with Gasteiger partial charge in [0.05, 0.1) is 11.7 Å². The van der Waals surface area contributed by atoms with E-state index in [2.05, 4.69) is 25.0 Å². The average Bonchev–Trinajstić information content (AvgIpc) is 2.75. The van der Waals surface area contributed by atoms with Crippen LogP contribution in [-0.2, 0) is 7.05 Å². The molecular formula is C14H25N3. The normalized spacial score (nSPS) is 27.4. The van der Waals surface area contributed by atoms with Crippen molar-refractivity contribution >= 4 is 0 Å². The molecule has 3 heteroatoms. The highest BCUT2D eigenvalue weighted by atomic mass is 15.3. The number of aryl methyl sites for hydroxylation is 1. The Morgan fingerprint density at radius 3 is 2.29 bits per heavy atom. The fourth-order valence-corrected chi connectivity index (χ4v) is 3.02.